The normalized spacial score (nSPS) is 11.3. The SMILES string of the molecule is CC(C)NC(=O)CN(C)Cc1nnc(-c2ccc(Cl)cc2Cl)o1. The van der Waals surface area contributed by atoms with Crippen molar-refractivity contribution in [3.8, 4) is 11.5 Å². The number of benzene rings is 1. The zero-order valence-electron chi connectivity index (χ0n) is 13.1. The molecule has 0 saturated heterocycles. The second-order valence-electron chi connectivity index (χ2n) is 5.52. The maximum atomic E-state index is 11.7. The number of rotatable bonds is 6. The number of likely N-dealkylation sites (N-methyl/N-ethyl adjacent to an activating group) is 1. The number of nitrogens with zero attached hydrogens (tertiary/aromatic N) is 3. The highest BCUT2D eigenvalue weighted by molar-refractivity contribution is 6.36. The van der Waals surface area contributed by atoms with Crippen molar-refractivity contribution >= 4 is 29.1 Å². The summed E-state index contributed by atoms with van der Waals surface area (Å²) in [5.41, 5.74) is 0.620. The van der Waals surface area contributed by atoms with Gasteiger partial charge < -0.3 is 9.73 Å². The maximum Gasteiger partial charge on any atom is 0.249 e. The monoisotopic (exact) mass is 356 g/mol. The van der Waals surface area contributed by atoms with Gasteiger partial charge in [0.2, 0.25) is 17.7 Å². The summed E-state index contributed by atoms with van der Waals surface area (Å²) in [6, 6.07) is 5.15. The Morgan fingerprint density at radius 1 is 1.35 bits per heavy atom. The molecule has 0 radical (unpaired) electrons. The van der Waals surface area contributed by atoms with Crippen LogP contribution in [0.5, 0.6) is 0 Å². The third-order valence-corrected chi connectivity index (χ3v) is 3.44. The Balaban J connectivity index is 2.00. The molecule has 2 rings (SSSR count). The average Bonchev–Trinajstić information content (AvgIpc) is 2.85. The first kappa shape index (κ1) is 17.7. The lowest BCUT2D eigenvalue weighted by molar-refractivity contribution is -0.122. The molecule has 1 amide bonds. The molecular weight excluding hydrogens is 339 g/mol. The van der Waals surface area contributed by atoms with Crippen LogP contribution in [-0.4, -0.2) is 40.6 Å². The molecule has 1 aromatic heterocycles. The molecule has 0 saturated carbocycles. The van der Waals surface area contributed by atoms with Gasteiger partial charge in [-0.3, -0.25) is 9.69 Å². The Bertz CT molecular complexity index is 688. The minimum atomic E-state index is -0.0528. The highest BCUT2D eigenvalue weighted by atomic mass is 35.5. The molecule has 0 aliphatic rings. The summed E-state index contributed by atoms with van der Waals surface area (Å²) >= 11 is 12.0. The van der Waals surface area contributed by atoms with E-state index in [9.17, 15) is 4.79 Å². The van der Waals surface area contributed by atoms with E-state index in [-0.39, 0.29) is 18.5 Å². The Labute approximate surface area is 144 Å². The minimum Gasteiger partial charge on any atom is -0.419 e. The molecule has 8 heteroatoms. The van der Waals surface area contributed by atoms with Gasteiger partial charge in [0.1, 0.15) is 0 Å². The number of carbonyl (C=O) groups is 1. The zero-order valence-corrected chi connectivity index (χ0v) is 14.6. The highest BCUT2D eigenvalue weighted by Gasteiger charge is 2.15. The van der Waals surface area contributed by atoms with Crippen molar-refractivity contribution in [1.29, 1.82) is 0 Å². The molecule has 1 aromatic carbocycles. The Morgan fingerprint density at radius 2 is 2.09 bits per heavy atom. The van der Waals surface area contributed by atoms with Crippen molar-refractivity contribution in [2.24, 2.45) is 0 Å². The van der Waals surface area contributed by atoms with E-state index in [2.05, 4.69) is 15.5 Å². The fraction of sp³-hybridized carbons (Fsp3) is 0.400. The lowest BCUT2D eigenvalue weighted by Crippen LogP contribution is -2.38. The van der Waals surface area contributed by atoms with Crippen molar-refractivity contribution in [3.05, 3.63) is 34.1 Å². The standard InChI is InChI=1S/C15H18Cl2N4O2/c1-9(2)18-13(22)7-21(3)8-14-19-20-15(23-14)11-5-4-10(16)6-12(11)17/h4-6,9H,7-8H2,1-3H3,(H,18,22). The smallest absolute Gasteiger partial charge is 0.249 e. The molecule has 0 bridgehead atoms. The van der Waals surface area contributed by atoms with E-state index in [1.54, 1.807) is 30.1 Å². The van der Waals surface area contributed by atoms with Crippen LogP contribution in [0.4, 0.5) is 0 Å². The van der Waals surface area contributed by atoms with E-state index >= 15 is 0 Å². The number of hydrogen-bond acceptors (Lipinski definition) is 5. The summed E-state index contributed by atoms with van der Waals surface area (Å²) in [5.74, 6) is 0.676. The molecule has 0 fully saturated rings. The molecule has 2 aromatic rings. The summed E-state index contributed by atoms with van der Waals surface area (Å²) in [6.07, 6.45) is 0. The zero-order chi connectivity index (χ0) is 17.0. The van der Waals surface area contributed by atoms with Gasteiger partial charge >= 0.3 is 0 Å². The molecule has 23 heavy (non-hydrogen) atoms. The number of nitrogens with one attached hydrogen (secondary N) is 1. The molecule has 0 unspecified atom stereocenters. The van der Waals surface area contributed by atoms with Gasteiger partial charge in [0, 0.05) is 11.1 Å². The van der Waals surface area contributed by atoms with Gasteiger partial charge in [0.15, 0.2) is 0 Å². The second kappa shape index (κ2) is 7.77. The van der Waals surface area contributed by atoms with Crippen LogP contribution in [0.25, 0.3) is 11.5 Å². The topological polar surface area (TPSA) is 71.3 Å². The molecule has 6 nitrogen and oxygen atoms in total. The molecule has 0 spiro atoms. The Hall–Kier alpha value is -1.63. The summed E-state index contributed by atoms with van der Waals surface area (Å²) in [4.78, 5) is 13.5. The van der Waals surface area contributed by atoms with E-state index in [1.165, 1.54) is 0 Å². The first-order valence-electron chi connectivity index (χ1n) is 7.11. The van der Waals surface area contributed by atoms with Crippen LogP contribution in [0.2, 0.25) is 10.0 Å². The molecular formula is C15H18Cl2N4O2. The summed E-state index contributed by atoms with van der Waals surface area (Å²) in [5, 5.41) is 11.8. The lowest BCUT2D eigenvalue weighted by Gasteiger charge is -2.15. The van der Waals surface area contributed by atoms with Crippen LogP contribution in [-0.2, 0) is 11.3 Å². The summed E-state index contributed by atoms with van der Waals surface area (Å²) in [7, 11) is 1.80. The third kappa shape index (κ3) is 5.20. The Kier molecular flexibility index (Phi) is 5.98. The number of halogens is 2. The highest BCUT2D eigenvalue weighted by Crippen LogP contribution is 2.29. The molecule has 124 valence electrons. The van der Waals surface area contributed by atoms with Crippen molar-refractivity contribution in [3.63, 3.8) is 0 Å². The van der Waals surface area contributed by atoms with Gasteiger partial charge in [-0.2, -0.15) is 0 Å². The lowest BCUT2D eigenvalue weighted by atomic mass is 10.2. The van der Waals surface area contributed by atoms with Gasteiger partial charge in [0.25, 0.3) is 0 Å². The molecule has 0 atom stereocenters. The average molecular weight is 357 g/mol. The quantitative estimate of drug-likeness (QED) is 0.861. The van der Waals surface area contributed by atoms with Crippen molar-refractivity contribution in [1.82, 2.24) is 20.4 Å². The van der Waals surface area contributed by atoms with Gasteiger partial charge in [-0.1, -0.05) is 23.2 Å². The van der Waals surface area contributed by atoms with Gasteiger partial charge in [-0.05, 0) is 39.1 Å². The van der Waals surface area contributed by atoms with Crippen LogP contribution in [0.3, 0.4) is 0 Å². The second-order valence-corrected chi connectivity index (χ2v) is 6.36. The number of carbonyl (C=O) groups excluding carboxylic acids is 1. The summed E-state index contributed by atoms with van der Waals surface area (Å²) < 4.78 is 5.60. The predicted octanol–water partition coefficient (Wildman–Crippen LogP) is 3.00. The molecule has 1 N–H and O–H groups in total. The fourth-order valence-corrected chi connectivity index (χ4v) is 2.48. The third-order valence-electron chi connectivity index (χ3n) is 2.90. The number of aromatic nitrogens is 2. The van der Waals surface area contributed by atoms with E-state index in [4.69, 9.17) is 27.6 Å². The first-order chi connectivity index (χ1) is 10.8. The van der Waals surface area contributed by atoms with E-state index in [1.807, 2.05) is 13.8 Å². The van der Waals surface area contributed by atoms with Crippen molar-refractivity contribution < 1.29 is 9.21 Å². The van der Waals surface area contributed by atoms with Crippen LogP contribution in [0.15, 0.2) is 22.6 Å². The minimum absolute atomic E-state index is 0.0528. The van der Waals surface area contributed by atoms with Gasteiger partial charge in [0.05, 0.1) is 23.7 Å². The number of amides is 1. The molecule has 0 aliphatic carbocycles. The van der Waals surface area contributed by atoms with E-state index < -0.39 is 0 Å². The van der Waals surface area contributed by atoms with E-state index in [0.29, 0.717) is 33.9 Å². The number of hydrogen-bond donors (Lipinski definition) is 1. The fourth-order valence-electron chi connectivity index (χ4n) is 1.99. The maximum absolute atomic E-state index is 11.7. The predicted molar refractivity (Wildman–Crippen MR) is 89.4 cm³/mol. The largest absolute Gasteiger partial charge is 0.419 e. The first-order valence-corrected chi connectivity index (χ1v) is 7.86. The van der Waals surface area contributed by atoms with Crippen molar-refractivity contribution in [2.75, 3.05) is 13.6 Å². The van der Waals surface area contributed by atoms with Crippen LogP contribution >= 0.6 is 23.2 Å². The Morgan fingerprint density at radius 3 is 2.74 bits per heavy atom. The molecule has 1 heterocycles. The van der Waals surface area contributed by atoms with Crippen LogP contribution in [0.1, 0.15) is 19.7 Å². The van der Waals surface area contributed by atoms with Gasteiger partial charge in [-0.25, -0.2) is 0 Å². The molecule has 0 aliphatic heterocycles. The van der Waals surface area contributed by atoms with E-state index in [0.717, 1.165) is 0 Å². The van der Waals surface area contributed by atoms with Gasteiger partial charge in [-0.15, -0.1) is 10.2 Å². The van der Waals surface area contributed by atoms with Crippen LogP contribution in [0, 0.1) is 0 Å². The van der Waals surface area contributed by atoms with Crippen LogP contribution < -0.4 is 5.32 Å². The summed E-state index contributed by atoms with van der Waals surface area (Å²) in [6.45, 7) is 4.44. The van der Waals surface area contributed by atoms with Crippen molar-refractivity contribution in [2.45, 2.75) is 26.4 Å².